The molecule has 6 nitrogen and oxygen atoms in total. The normalized spacial score (nSPS) is 24.9. The summed E-state index contributed by atoms with van der Waals surface area (Å²) in [5.74, 6) is 1.56. The molecule has 1 aliphatic heterocycles. The van der Waals surface area contributed by atoms with Crippen molar-refractivity contribution in [3.63, 3.8) is 0 Å². The molecule has 1 saturated heterocycles. The first-order valence-electron chi connectivity index (χ1n) is 8.94. The fraction of sp³-hybridized carbons (Fsp3) is 0.611. The van der Waals surface area contributed by atoms with Crippen LogP contribution >= 0.6 is 11.6 Å². The molecular formula is C18H27ClN4O2. The zero-order chi connectivity index (χ0) is 17.6. The van der Waals surface area contributed by atoms with Gasteiger partial charge >= 0.3 is 0 Å². The molecule has 2 atom stereocenters. The number of guanidine groups is 1. The van der Waals surface area contributed by atoms with Gasteiger partial charge in [-0.25, -0.2) is 4.99 Å². The molecule has 2 fully saturated rings. The summed E-state index contributed by atoms with van der Waals surface area (Å²) >= 11 is 6.17. The lowest BCUT2D eigenvalue weighted by atomic mass is 9.91. The standard InChI is InChI=1S/C18H27ClN4O2/c1-24-17-7-6-13(19)12-16(17)22-18(23-8-10-25-11-9-23)21-15-5-3-2-4-14(15)20/h6-7,12,14-15H,2-5,8-11,20H2,1H3,(H,21,22)/t14-,15-/m0/s1. The van der Waals surface area contributed by atoms with Gasteiger partial charge in [0.15, 0.2) is 5.96 Å². The quantitative estimate of drug-likeness (QED) is 0.635. The molecule has 0 spiro atoms. The van der Waals surface area contributed by atoms with E-state index in [1.807, 2.05) is 18.2 Å². The summed E-state index contributed by atoms with van der Waals surface area (Å²) in [5, 5.41) is 4.08. The van der Waals surface area contributed by atoms with E-state index in [1.165, 1.54) is 12.8 Å². The fourth-order valence-electron chi connectivity index (χ4n) is 3.32. The van der Waals surface area contributed by atoms with Gasteiger partial charge in [-0.2, -0.15) is 0 Å². The predicted molar refractivity (Wildman–Crippen MR) is 102 cm³/mol. The third kappa shape index (κ3) is 4.77. The van der Waals surface area contributed by atoms with Gasteiger partial charge in [0.2, 0.25) is 0 Å². The number of hydrogen-bond acceptors (Lipinski definition) is 4. The second-order valence-corrected chi connectivity index (χ2v) is 6.97. The molecular weight excluding hydrogens is 340 g/mol. The highest BCUT2D eigenvalue weighted by Gasteiger charge is 2.24. The van der Waals surface area contributed by atoms with Gasteiger partial charge in [-0.1, -0.05) is 24.4 Å². The minimum Gasteiger partial charge on any atom is -0.495 e. The zero-order valence-electron chi connectivity index (χ0n) is 14.7. The summed E-state index contributed by atoms with van der Waals surface area (Å²) in [6.07, 6.45) is 4.43. The Kier molecular flexibility index (Phi) is 6.39. The Morgan fingerprint density at radius 1 is 1.32 bits per heavy atom. The molecule has 3 N–H and O–H groups in total. The van der Waals surface area contributed by atoms with Crippen LogP contribution in [0.2, 0.25) is 5.02 Å². The fourth-order valence-corrected chi connectivity index (χ4v) is 3.50. The number of anilines is 1. The van der Waals surface area contributed by atoms with Crippen molar-refractivity contribution in [3.05, 3.63) is 23.2 Å². The van der Waals surface area contributed by atoms with Crippen molar-refractivity contribution >= 4 is 23.2 Å². The largest absolute Gasteiger partial charge is 0.495 e. The topological polar surface area (TPSA) is 72.1 Å². The number of nitrogens with zero attached hydrogens (tertiary/aromatic N) is 2. The Hall–Kier alpha value is -1.50. The highest BCUT2D eigenvalue weighted by molar-refractivity contribution is 6.31. The van der Waals surface area contributed by atoms with Gasteiger partial charge in [0, 0.05) is 24.2 Å². The highest BCUT2D eigenvalue weighted by atomic mass is 35.5. The zero-order valence-corrected chi connectivity index (χ0v) is 15.5. The molecule has 1 aliphatic carbocycles. The van der Waals surface area contributed by atoms with E-state index in [-0.39, 0.29) is 12.1 Å². The van der Waals surface area contributed by atoms with Crippen molar-refractivity contribution in [2.24, 2.45) is 10.7 Å². The van der Waals surface area contributed by atoms with Crippen LogP contribution in [0.15, 0.2) is 23.2 Å². The number of nitrogens with one attached hydrogen (secondary N) is 1. The minimum atomic E-state index is 0.118. The lowest BCUT2D eigenvalue weighted by Gasteiger charge is -2.33. The molecule has 2 aliphatic rings. The molecule has 138 valence electrons. The first-order valence-corrected chi connectivity index (χ1v) is 9.32. The van der Waals surface area contributed by atoms with Crippen molar-refractivity contribution < 1.29 is 9.47 Å². The molecule has 3 rings (SSSR count). The van der Waals surface area contributed by atoms with Gasteiger partial charge < -0.3 is 25.4 Å². The van der Waals surface area contributed by atoms with Crippen LogP contribution in [-0.4, -0.2) is 56.4 Å². The third-order valence-corrected chi connectivity index (χ3v) is 5.02. The minimum absolute atomic E-state index is 0.118. The number of halogens is 1. The van der Waals surface area contributed by atoms with Crippen LogP contribution in [0.25, 0.3) is 0 Å². The van der Waals surface area contributed by atoms with Gasteiger partial charge in [0.25, 0.3) is 0 Å². The van der Waals surface area contributed by atoms with E-state index >= 15 is 0 Å². The smallest absolute Gasteiger partial charge is 0.199 e. The van der Waals surface area contributed by atoms with Crippen molar-refractivity contribution in [2.75, 3.05) is 38.7 Å². The summed E-state index contributed by atoms with van der Waals surface area (Å²) < 4.78 is 10.9. The van der Waals surface area contributed by atoms with Gasteiger partial charge in [-0.3, -0.25) is 0 Å². The Morgan fingerprint density at radius 2 is 2.08 bits per heavy atom. The number of ether oxygens (including phenoxy) is 2. The highest BCUT2D eigenvalue weighted by Crippen LogP contribution is 2.28. The van der Waals surface area contributed by atoms with E-state index in [0.717, 1.165) is 43.3 Å². The molecule has 1 saturated carbocycles. The van der Waals surface area contributed by atoms with E-state index in [4.69, 9.17) is 31.8 Å². The average Bonchev–Trinajstić information content (AvgIpc) is 2.64. The molecule has 1 aromatic carbocycles. The van der Waals surface area contributed by atoms with E-state index in [1.54, 1.807) is 7.11 Å². The Morgan fingerprint density at radius 3 is 2.80 bits per heavy atom. The van der Waals surface area contributed by atoms with Crippen LogP contribution in [0.4, 0.5) is 5.69 Å². The van der Waals surface area contributed by atoms with Crippen LogP contribution in [0.5, 0.6) is 5.75 Å². The van der Waals surface area contributed by atoms with Crippen molar-refractivity contribution in [1.29, 1.82) is 0 Å². The van der Waals surface area contributed by atoms with Crippen LogP contribution < -0.4 is 15.8 Å². The summed E-state index contributed by atoms with van der Waals surface area (Å²) in [6.45, 7) is 3.00. The molecule has 1 heterocycles. The van der Waals surface area contributed by atoms with E-state index < -0.39 is 0 Å². The number of morpholine rings is 1. The SMILES string of the molecule is COc1ccc(Cl)cc1NC(=N[C@H]1CCCC[C@@H]1N)N1CCOCC1. The van der Waals surface area contributed by atoms with E-state index in [9.17, 15) is 0 Å². The van der Waals surface area contributed by atoms with Crippen LogP contribution in [0.3, 0.4) is 0 Å². The molecule has 1 aromatic rings. The molecule has 0 unspecified atom stereocenters. The van der Waals surface area contributed by atoms with Crippen LogP contribution in [0.1, 0.15) is 25.7 Å². The summed E-state index contributed by atoms with van der Waals surface area (Å²) in [5.41, 5.74) is 7.12. The molecule has 25 heavy (non-hydrogen) atoms. The lowest BCUT2D eigenvalue weighted by Crippen LogP contribution is -2.46. The summed E-state index contributed by atoms with van der Waals surface area (Å²) in [6, 6.07) is 5.79. The number of aliphatic imine (C=N–C) groups is 1. The number of nitrogens with two attached hydrogens (primary N) is 1. The maximum absolute atomic E-state index is 6.31. The van der Waals surface area contributed by atoms with Gasteiger partial charge in [-0.15, -0.1) is 0 Å². The van der Waals surface area contributed by atoms with Crippen molar-refractivity contribution in [1.82, 2.24) is 4.90 Å². The van der Waals surface area contributed by atoms with Crippen LogP contribution in [0, 0.1) is 0 Å². The first-order chi connectivity index (χ1) is 12.2. The second kappa shape index (κ2) is 8.74. The number of rotatable bonds is 3. The maximum atomic E-state index is 6.31. The van der Waals surface area contributed by atoms with E-state index in [0.29, 0.717) is 18.2 Å². The van der Waals surface area contributed by atoms with Gasteiger partial charge in [-0.05, 0) is 31.0 Å². The van der Waals surface area contributed by atoms with E-state index in [2.05, 4.69) is 10.2 Å². The van der Waals surface area contributed by atoms with Gasteiger partial charge in [0.05, 0.1) is 32.1 Å². The number of methoxy groups -OCH3 is 1. The van der Waals surface area contributed by atoms with Crippen molar-refractivity contribution in [2.45, 2.75) is 37.8 Å². The molecule has 0 amide bonds. The molecule has 0 aromatic heterocycles. The number of benzene rings is 1. The molecule has 0 bridgehead atoms. The summed E-state index contributed by atoms with van der Waals surface area (Å²) in [4.78, 5) is 7.21. The monoisotopic (exact) mass is 366 g/mol. The van der Waals surface area contributed by atoms with Crippen LogP contribution in [-0.2, 0) is 4.74 Å². The maximum Gasteiger partial charge on any atom is 0.199 e. The molecule has 0 radical (unpaired) electrons. The second-order valence-electron chi connectivity index (χ2n) is 6.54. The first kappa shape index (κ1) is 18.3. The lowest BCUT2D eigenvalue weighted by molar-refractivity contribution is 0.0677. The average molecular weight is 367 g/mol. The Balaban J connectivity index is 1.86. The van der Waals surface area contributed by atoms with Gasteiger partial charge in [0.1, 0.15) is 5.75 Å². The Labute approximate surface area is 154 Å². The third-order valence-electron chi connectivity index (χ3n) is 4.79. The van der Waals surface area contributed by atoms with Crippen molar-refractivity contribution in [3.8, 4) is 5.75 Å². The number of hydrogen-bond donors (Lipinski definition) is 2. The summed E-state index contributed by atoms with van der Waals surface area (Å²) in [7, 11) is 1.65. The Bertz CT molecular complexity index is 605. The predicted octanol–water partition coefficient (Wildman–Crippen LogP) is 2.72. The molecule has 7 heteroatoms.